The predicted molar refractivity (Wildman–Crippen MR) is 89.3 cm³/mol. The highest BCUT2D eigenvalue weighted by molar-refractivity contribution is 6.37. The van der Waals surface area contributed by atoms with Crippen LogP contribution in [0.15, 0.2) is 12.1 Å². The van der Waals surface area contributed by atoms with Gasteiger partial charge in [0.1, 0.15) is 11.7 Å². The van der Waals surface area contributed by atoms with E-state index >= 15 is 0 Å². The first-order valence-electron chi connectivity index (χ1n) is 6.78. The fourth-order valence-corrected chi connectivity index (χ4v) is 2.54. The van der Waals surface area contributed by atoms with Crippen molar-refractivity contribution in [1.29, 1.82) is 0 Å². The Kier molecular flexibility index (Phi) is 7.42. The Balaban J connectivity index is 3.01. The molecule has 0 heterocycles. The summed E-state index contributed by atoms with van der Waals surface area (Å²) in [6, 6.07) is 3.13. The lowest BCUT2D eigenvalue weighted by atomic mass is 10.2. The van der Waals surface area contributed by atoms with Gasteiger partial charge in [0.2, 0.25) is 0 Å². The van der Waals surface area contributed by atoms with Crippen molar-refractivity contribution in [3.63, 3.8) is 0 Å². The number of nitrogens with zero attached hydrogens (tertiary/aromatic N) is 2. The standard InChI is InChI=1S/C15H22Cl2N2O3/c1-18(2)8-10(9-19(3)4)22-15(20)13-11(16)6-7-12(17)14(13)21-5/h6-7,10H,8-9H2,1-5H3. The quantitative estimate of drug-likeness (QED) is 0.708. The summed E-state index contributed by atoms with van der Waals surface area (Å²) in [4.78, 5) is 16.4. The van der Waals surface area contributed by atoms with E-state index in [2.05, 4.69) is 0 Å². The fraction of sp³-hybridized carbons (Fsp3) is 0.533. The lowest BCUT2D eigenvalue weighted by molar-refractivity contribution is 0.0174. The molecule has 0 fully saturated rings. The van der Waals surface area contributed by atoms with Crippen LogP contribution in [0.3, 0.4) is 0 Å². The third kappa shape index (κ3) is 5.32. The number of methoxy groups -OCH3 is 1. The number of benzene rings is 1. The molecule has 0 aromatic heterocycles. The van der Waals surface area contributed by atoms with Crippen LogP contribution >= 0.6 is 23.2 Å². The molecule has 0 atom stereocenters. The highest BCUT2D eigenvalue weighted by Gasteiger charge is 2.24. The summed E-state index contributed by atoms with van der Waals surface area (Å²) in [6.07, 6.45) is -0.294. The van der Waals surface area contributed by atoms with Crippen molar-refractivity contribution in [3.8, 4) is 5.75 Å². The summed E-state index contributed by atoms with van der Waals surface area (Å²) in [5.74, 6) is -0.314. The van der Waals surface area contributed by atoms with E-state index in [9.17, 15) is 4.79 Å². The third-order valence-corrected chi connectivity index (χ3v) is 3.49. The molecule has 0 aliphatic heterocycles. The average molecular weight is 349 g/mol. The first kappa shape index (κ1) is 19.0. The molecule has 0 saturated heterocycles. The zero-order chi connectivity index (χ0) is 16.9. The van der Waals surface area contributed by atoms with Gasteiger partial charge in [-0.05, 0) is 40.3 Å². The Morgan fingerprint density at radius 3 is 2.05 bits per heavy atom. The van der Waals surface area contributed by atoms with Gasteiger partial charge in [0.05, 0.1) is 17.2 Å². The molecule has 1 rings (SSSR count). The number of hydrogen-bond acceptors (Lipinski definition) is 5. The molecule has 0 amide bonds. The maximum atomic E-state index is 12.5. The second-order valence-electron chi connectivity index (χ2n) is 5.49. The molecule has 0 bridgehead atoms. The van der Waals surface area contributed by atoms with E-state index in [0.717, 1.165) is 0 Å². The van der Waals surface area contributed by atoms with Gasteiger partial charge in [-0.2, -0.15) is 0 Å². The van der Waals surface area contributed by atoms with E-state index in [1.165, 1.54) is 7.11 Å². The van der Waals surface area contributed by atoms with E-state index in [1.807, 2.05) is 38.0 Å². The third-order valence-electron chi connectivity index (χ3n) is 2.88. The monoisotopic (exact) mass is 348 g/mol. The number of carbonyl (C=O) groups excluding carboxylic acids is 1. The van der Waals surface area contributed by atoms with Gasteiger partial charge in [-0.15, -0.1) is 0 Å². The van der Waals surface area contributed by atoms with Gasteiger partial charge in [-0.25, -0.2) is 4.79 Å². The summed E-state index contributed by atoms with van der Waals surface area (Å²) >= 11 is 12.2. The van der Waals surface area contributed by atoms with Crippen LogP contribution in [0.25, 0.3) is 0 Å². The Hall–Kier alpha value is -1.01. The molecule has 7 heteroatoms. The summed E-state index contributed by atoms with van der Waals surface area (Å²) < 4.78 is 10.8. The number of likely N-dealkylation sites (N-methyl/N-ethyl adjacent to an activating group) is 2. The second-order valence-corrected chi connectivity index (χ2v) is 6.30. The average Bonchev–Trinajstić information content (AvgIpc) is 2.39. The van der Waals surface area contributed by atoms with Gasteiger partial charge in [-0.1, -0.05) is 23.2 Å². The fourth-order valence-electron chi connectivity index (χ4n) is 2.08. The molecule has 0 N–H and O–H groups in total. The topological polar surface area (TPSA) is 42.0 Å². The Bertz CT molecular complexity index is 512. The van der Waals surface area contributed by atoms with Gasteiger partial charge in [0, 0.05) is 13.1 Å². The number of rotatable bonds is 7. The number of halogens is 2. The number of esters is 1. The van der Waals surface area contributed by atoms with Crippen LogP contribution in [0.2, 0.25) is 10.0 Å². The van der Waals surface area contributed by atoms with E-state index in [0.29, 0.717) is 18.1 Å². The van der Waals surface area contributed by atoms with Crippen LogP contribution in [0.1, 0.15) is 10.4 Å². The molecular formula is C15H22Cl2N2O3. The summed E-state index contributed by atoms with van der Waals surface area (Å²) in [5, 5.41) is 0.565. The first-order valence-corrected chi connectivity index (χ1v) is 7.54. The molecule has 1 aromatic rings. The Labute approximate surface area is 141 Å². The second kappa shape index (κ2) is 8.58. The first-order chi connectivity index (χ1) is 10.3. The Morgan fingerprint density at radius 2 is 1.59 bits per heavy atom. The molecule has 0 unspecified atom stereocenters. The van der Waals surface area contributed by atoms with Gasteiger partial charge in [0.25, 0.3) is 0 Å². The predicted octanol–water partition coefficient (Wildman–Crippen LogP) is 2.65. The van der Waals surface area contributed by atoms with Crippen molar-refractivity contribution in [2.24, 2.45) is 0 Å². The molecule has 124 valence electrons. The summed E-state index contributed by atoms with van der Waals surface area (Å²) in [7, 11) is 9.12. The molecule has 0 spiro atoms. The van der Waals surface area contributed by atoms with E-state index in [4.69, 9.17) is 32.7 Å². The minimum atomic E-state index is -0.543. The highest BCUT2D eigenvalue weighted by Crippen LogP contribution is 2.34. The maximum Gasteiger partial charge on any atom is 0.343 e. The molecular weight excluding hydrogens is 327 g/mol. The van der Waals surface area contributed by atoms with Crippen molar-refractivity contribution < 1.29 is 14.3 Å². The van der Waals surface area contributed by atoms with Crippen molar-refractivity contribution in [2.75, 3.05) is 48.4 Å². The number of ether oxygens (including phenoxy) is 2. The Morgan fingerprint density at radius 1 is 1.09 bits per heavy atom. The van der Waals surface area contributed by atoms with Crippen LogP contribution in [0, 0.1) is 0 Å². The van der Waals surface area contributed by atoms with Gasteiger partial charge >= 0.3 is 5.97 Å². The molecule has 0 radical (unpaired) electrons. The zero-order valence-electron chi connectivity index (χ0n) is 13.5. The van der Waals surface area contributed by atoms with Gasteiger partial charge in [0.15, 0.2) is 5.75 Å². The van der Waals surface area contributed by atoms with E-state index in [1.54, 1.807) is 12.1 Å². The normalized spacial score (nSPS) is 11.4. The van der Waals surface area contributed by atoms with Crippen molar-refractivity contribution in [3.05, 3.63) is 27.7 Å². The van der Waals surface area contributed by atoms with Gasteiger partial charge < -0.3 is 19.3 Å². The molecule has 1 aromatic carbocycles. The maximum absolute atomic E-state index is 12.5. The minimum absolute atomic E-state index is 0.152. The molecule has 0 saturated carbocycles. The van der Waals surface area contributed by atoms with Crippen LogP contribution < -0.4 is 4.74 Å². The zero-order valence-corrected chi connectivity index (χ0v) is 15.0. The number of hydrogen-bond donors (Lipinski definition) is 0. The smallest absolute Gasteiger partial charge is 0.343 e. The van der Waals surface area contributed by atoms with E-state index in [-0.39, 0.29) is 22.4 Å². The lowest BCUT2D eigenvalue weighted by Gasteiger charge is -2.24. The summed E-state index contributed by atoms with van der Waals surface area (Å²) in [6.45, 7) is 1.20. The molecule has 5 nitrogen and oxygen atoms in total. The highest BCUT2D eigenvalue weighted by atomic mass is 35.5. The van der Waals surface area contributed by atoms with Crippen LogP contribution in [-0.4, -0.2) is 70.3 Å². The number of carbonyl (C=O) groups is 1. The SMILES string of the molecule is COc1c(Cl)ccc(Cl)c1C(=O)OC(CN(C)C)CN(C)C. The van der Waals surface area contributed by atoms with Crippen molar-refractivity contribution >= 4 is 29.2 Å². The van der Waals surface area contributed by atoms with Crippen LogP contribution in [0.5, 0.6) is 5.75 Å². The largest absolute Gasteiger partial charge is 0.494 e. The molecule has 0 aliphatic carbocycles. The van der Waals surface area contributed by atoms with Crippen LogP contribution in [0.4, 0.5) is 0 Å². The van der Waals surface area contributed by atoms with Crippen molar-refractivity contribution in [2.45, 2.75) is 6.10 Å². The van der Waals surface area contributed by atoms with Crippen LogP contribution in [-0.2, 0) is 4.74 Å². The van der Waals surface area contributed by atoms with Gasteiger partial charge in [-0.3, -0.25) is 0 Å². The van der Waals surface area contributed by atoms with E-state index < -0.39 is 5.97 Å². The lowest BCUT2D eigenvalue weighted by Crippen LogP contribution is -2.38. The molecule has 22 heavy (non-hydrogen) atoms. The van der Waals surface area contributed by atoms with Crippen molar-refractivity contribution in [1.82, 2.24) is 9.80 Å². The summed E-state index contributed by atoms with van der Waals surface area (Å²) in [5.41, 5.74) is 0.152. The molecule has 0 aliphatic rings. The minimum Gasteiger partial charge on any atom is -0.494 e.